The highest BCUT2D eigenvalue weighted by Gasteiger charge is 2.10. The van der Waals surface area contributed by atoms with Gasteiger partial charge in [0.25, 0.3) is 0 Å². The lowest BCUT2D eigenvalue weighted by atomic mass is 10.1. The van der Waals surface area contributed by atoms with E-state index in [1.807, 2.05) is 6.92 Å². The molecule has 0 radical (unpaired) electrons. The molecular weight excluding hydrogens is 230 g/mol. The molecule has 0 atom stereocenters. The highest BCUT2D eigenvalue weighted by Crippen LogP contribution is 2.20. The number of hydrogen-bond donors (Lipinski definition) is 2. The van der Waals surface area contributed by atoms with E-state index in [1.54, 1.807) is 30.1 Å². The number of ketones is 1. The maximum absolute atomic E-state index is 11.5. The van der Waals surface area contributed by atoms with Crippen LogP contribution in [-0.2, 0) is 4.79 Å². The summed E-state index contributed by atoms with van der Waals surface area (Å²) in [5.41, 5.74) is 7.45. The first-order valence-electron chi connectivity index (χ1n) is 5.84. The van der Waals surface area contributed by atoms with Crippen molar-refractivity contribution in [2.24, 2.45) is 0 Å². The van der Waals surface area contributed by atoms with Gasteiger partial charge in [-0.25, -0.2) is 0 Å². The first kappa shape index (κ1) is 14.0. The molecule has 18 heavy (non-hydrogen) atoms. The van der Waals surface area contributed by atoms with Crippen LogP contribution < -0.4 is 16.0 Å². The van der Waals surface area contributed by atoms with E-state index in [9.17, 15) is 9.59 Å². The van der Waals surface area contributed by atoms with Gasteiger partial charge in [-0.3, -0.25) is 9.59 Å². The van der Waals surface area contributed by atoms with E-state index < -0.39 is 0 Å². The van der Waals surface area contributed by atoms with Crippen molar-refractivity contribution >= 4 is 23.1 Å². The van der Waals surface area contributed by atoms with Crippen LogP contribution in [0.15, 0.2) is 18.2 Å². The summed E-state index contributed by atoms with van der Waals surface area (Å²) in [4.78, 5) is 24.6. The quantitative estimate of drug-likeness (QED) is 0.604. The maximum atomic E-state index is 11.5. The number of nitrogens with two attached hydrogens (primary N) is 1. The van der Waals surface area contributed by atoms with Crippen molar-refractivity contribution < 1.29 is 9.59 Å². The lowest BCUT2D eigenvalue weighted by molar-refractivity contribution is -0.119. The van der Waals surface area contributed by atoms with E-state index in [1.165, 1.54) is 6.92 Å². The zero-order valence-corrected chi connectivity index (χ0v) is 11.0. The highest BCUT2D eigenvalue weighted by molar-refractivity contribution is 6.00. The zero-order valence-electron chi connectivity index (χ0n) is 11.0. The van der Waals surface area contributed by atoms with E-state index in [-0.39, 0.29) is 18.2 Å². The van der Waals surface area contributed by atoms with Gasteiger partial charge in [0.05, 0.1) is 6.54 Å². The van der Waals surface area contributed by atoms with Gasteiger partial charge in [0.2, 0.25) is 5.91 Å². The predicted octanol–water partition coefficient (Wildman–Crippen LogP) is 1.04. The third-order valence-corrected chi connectivity index (χ3v) is 2.61. The summed E-state index contributed by atoms with van der Waals surface area (Å²) in [6.45, 7) is 4.19. The molecule has 1 aromatic rings. The third-order valence-electron chi connectivity index (χ3n) is 2.61. The second-order valence-corrected chi connectivity index (χ2v) is 4.14. The van der Waals surface area contributed by atoms with E-state index in [4.69, 9.17) is 5.73 Å². The Bertz CT molecular complexity index is 458. The summed E-state index contributed by atoms with van der Waals surface area (Å²) in [6, 6.07) is 5.18. The van der Waals surface area contributed by atoms with Crippen LogP contribution in [0.5, 0.6) is 0 Å². The van der Waals surface area contributed by atoms with Crippen molar-refractivity contribution in [2.75, 3.05) is 30.8 Å². The number of hydrogen-bond acceptors (Lipinski definition) is 4. The van der Waals surface area contributed by atoms with Crippen LogP contribution in [0.25, 0.3) is 0 Å². The molecule has 1 aromatic carbocycles. The Labute approximate surface area is 107 Å². The van der Waals surface area contributed by atoms with Gasteiger partial charge < -0.3 is 16.0 Å². The number of amides is 1. The minimum absolute atomic E-state index is 0.0544. The normalized spacial score (nSPS) is 9.94. The van der Waals surface area contributed by atoms with Crippen molar-refractivity contribution in [3.05, 3.63) is 23.8 Å². The molecule has 0 fully saturated rings. The number of benzene rings is 1. The van der Waals surface area contributed by atoms with Gasteiger partial charge in [0, 0.05) is 30.5 Å². The van der Waals surface area contributed by atoms with E-state index in [0.717, 1.165) is 5.69 Å². The largest absolute Gasteiger partial charge is 0.398 e. The average molecular weight is 249 g/mol. The van der Waals surface area contributed by atoms with Gasteiger partial charge in [-0.1, -0.05) is 0 Å². The van der Waals surface area contributed by atoms with Crippen LogP contribution in [-0.4, -0.2) is 31.8 Å². The van der Waals surface area contributed by atoms with Crippen molar-refractivity contribution in [2.45, 2.75) is 13.8 Å². The Hall–Kier alpha value is -2.04. The minimum atomic E-state index is -0.0826. The summed E-state index contributed by atoms with van der Waals surface area (Å²) < 4.78 is 0. The van der Waals surface area contributed by atoms with Gasteiger partial charge in [0.1, 0.15) is 0 Å². The molecular formula is C13H19N3O2. The minimum Gasteiger partial charge on any atom is -0.398 e. The Morgan fingerprint density at radius 3 is 2.61 bits per heavy atom. The number of carbonyl (C=O) groups is 2. The van der Waals surface area contributed by atoms with Gasteiger partial charge in [-0.2, -0.15) is 0 Å². The summed E-state index contributed by atoms with van der Waals surface area (Å²) in [5.74, 6) is -0.137. The summed E-state index contributed by atoms with van der Waals surface area (Å²) in [7, 11) is 1.80. The first-order valence-corrected chi connectivity index (χ1v) is 5.84. The van der Waals surface area contributed by atoms with Crippen molar-refractivity contribution in [3.8, 4) is 0 Å². The SMILES string of the molecule is CCNC(=O)CN(C)c1ccc(N)c(C(C)=O)c1. The van der Waals surface area contributed by atoms with E-state index in [0.29, 0.717) is 17.8 Å². The number of nitrogens with one attached hydrogen (secondary N) is 1. The predicted molar refractivity (Wildman–Crippen MR) is 72.8 cm³/mol. The highest BCUT2D eigenvalue weighted by atomic mass is 16.2. The van der Waals surface area contributed by atoms with Gasteiger partial charge >= 0.3 is 0 Å². The molecule has 98 valence electrons. The summed E-state index contributed by atoms with van der Waals surface area (Å²) in [5, 5.41) is 2.72. The van der Waals surface area contributed by atoms with Gasteiger partial charge in [0.15, 0.2) is 5.78 Å². The molecule has 5 nitrogen and oxygen atoms in total. The maximum Gasteiger partial charge on any atom is 0.239 e. The second kappa shape index (κ2) is 6.05. The first-order chi connectivity index (χ1) is 8.45. The van der Waals surface area contributed by atoms with Crippen LogP contribution in [0.2, 0.25) is 0 Å². The summed E-state index contributed by atoms with van der Waals surface area (Å²) >= 11 is 0. The van der Waals surface area contributed by atoms with Crippen LogP contribution in [0.4, 0.5) is 11.4 Å². The molecule has 0 aliphatic carbocycles. The molecule has 0 aliphatic rings. The molecule has 0 aliphatic heterocycles. The Morgan fingerprint density at radius 2 is 2.06 bits per heavy atom. The monoisotopic (exact) mass is 249 g/mol. The molecule has 0 saturated carbocycles. The van der Waals surface area contributed by atoms with E-state index in [2.05, 4.69) is 5.32 Å². The number of Topliss-reactive ketones (excluding diaryl/α,β-unsaturated/α-hetero) is 1. The molecule has 0 spiro atoms. The van der Waals surface area contributed by atoms with Gasteiger partial charge in [-0.05, 0) is 32.0 Å². The molecule has 0 unspecified atom stereocenters. The zero-order chi connectivity index (χ0) is 13.7. The van der Waals surface area contributed by atoms with Crippen LogP contribution in [0, 0.1) is 0 Å². The van der Waals surface area contributed by atoms with E-state index >= 15 is 0 Å². The molecule has 0 heterocycles. The molecule has 0 saturated heterocycles. The molecule has 5 heteroatoms. The standard InChI is InChI=1S/C13H19N3O2/c1-4-15-13(18)8-16(3)10-5-6-12(14)11(7-10)9(2)17/h5-7H,4,8,14H2,1-3H3,(H,15,18). The number of nitrogens with zero attached hydrogens (tertiary/aromatic N) is 1. The van der Waals surface area contributed by atoms with Crippen molar-refractivity contribution in [3.63, 3.8) is 0 Å². The lowest BCUT2D eigenvalue weighted by Gasteiger charge is -2.19. The van der Waals surface area contributed by atoms with Crippen LogP contribution in [0.3, 0.4) is 0 Å². The Kier molecular flexibility index (Phi) is 4.71. The fourth-order valence-electron chi connectivity index (χ4n) is 1.65. The van der Waals surface area contributed by atoms with Crippen LogP contribution in [0.1, 0.15) is 24.2 Å². The fourth-order valence-corrected chi connectivity index (χ4v) is 1.65. The number of carbonyl (C=O) groups excluding carboxylic acids is 2. The van der Waals surface area contributed by atoms with Crippen molar-refractivity contribution in [1.82, 2.24) is 5.32 Å². The number of likely N-dealkylation sites (N-methyl/N-ethyl adjacent to an activating group) is 2. The molecule has 1 amide bonds. The van der Waals surface area contributed by atoms with Crippen LogP contribution >= 0.6 is 0 Å². The lowest BCUT2D eigenvalue weighted by Crippen LogP contribution is -2.35. The third kappa shape index (κ3) is 3.48. The molecule has 0 bridgehead atoms. The number of nitrogen functional groups attached to an aromatic ring is 1. The molecule has 3 N–H and O–H groups in total. The topological polar surface area (TPSA) is 75.4 Å². The summed E-state index contributed by atoms with van der Waals surface area (Å²) in [6.07, 6.45) is 0. The number of anilines is 2. The molecule has 1 rings (SSSR count). The fraction of sp³-hybridized carbons (Fsp3) is 0.385. The molecule has 0 aromatic heterocycles. The smallest absolute Gasteiger partial charge is 0.239 e. The Morgan fingerprint density at radius 1 is 1.39 bits per heavy atom. The van der Waals surface area contributed by atoms with Crippen molar-refractivity contribution in [1.29, 1.82) is 0 Å². The average Bonchev–Trinajstić information content (AvgIpc) is 2.29. The second-order valence-electron chi connectivity index (χ2n) is 4.14. The Balaban J connectivity index is 2.86. The van der Waals surface area contributed by atoms with Gasteiger partial charge in [-0.15, -0.1) is 0 Å². The number of rotatable bonds is 5.